The number of aliphatic hydroxyl groups is 1. The Morgan fingerprint density at radius 1 is 1.30 bits per heavy atom. The van der Waals surface area contributed by atoms with Gasteiger partial charge in [-0.25, -0.2) is 9.97 Å². The number of anilines is 2. The second-order valence-corrected chi connectivity index (χ2v) is 6.32. The Morgan fingerprint density at radius 3 is 2.40 bits per heavy atom. The number of rotatable bonds is 8. The maximum atomic E-state index is 10.2. The first-order chi connectivity index (χ1) is 9.41. The Labute approximate surface area is 126 Å². The van der Waals surface area contributed by atoms with Gasteiger partial charge in [0.2, 0.25) is 0 Å². The first-order valence-electron chi connectivity index (χ1n) is 6.95. The molecule has 0 fully saturated rings. The smallest absolute Gasteiger partial charge is 0.135 e. The number of nitrogens with zero attached hydrogens (tertiary/aromatic N) is 2. The van der Waals surface area contributed by atoms with Gasteiger partial charge in [0.1, 0.15) is 18.0 Å². The van der Waals surface area contributed by atoms with Gasteiger partial charge in [-0.15, -0.1) is 0 Å². The monoisotopic (exact) mass is 298 g/mol. The van der Waals surface area contributed by atoms with E-state index in [1.54, 1.807) is 18.1 Å². The van der Waals surface area contributed by atoms with Crippen molar-refractivity contribution in [3.63, 3.8) is 0 Å². The van der Waals surface area contributed by atoms with Gasteiger partial charge in [0.15, 0.2) is 0 Å². The van der Waals surface area contributed by atoms with Crippen molar-refractivity contribution in [3.8, 4) is 0 Å². The van der Waals surface area contributed by atoms with Crippen molar-refractivity contribution in [2.45, 2.75) is 39.2 Å². The average molecular weight is 298 g/mol. The van der Waals surface area contributed by atoms with Gasteiger partial charge in [-0.2, -0.15) is 11.8 Å². The molecule has 1 unspecified atom stereocenters. The summed E-state index contributed by atoms with van der Waals surface area (Å²) in [5, 5.41) is 16.8. The molecular formula is C14H26N4OS. The van der Waals surface area contributed by atoms with Crippen LogP contribution >= 0.6 is 11.8 Å². The van der Waals surface area contributed by atoms with Crippen LogP contribution in [0.4, 0.5) is 11.6 Å². The van der Waals surface area contributed by atoms with E-state index in [2.05, 4.69) is 34.4 Å². The Hall–Kier alpha value is -1.01. The molecule has 0 aliphatic rings. The summed E-state index contributed by atoms with van der Waals surface area (Å²) >= 11 is 1.63. The fourth-order valence-corrected chi connectivity index (χ4v) is 2.75. The molecule has 0 spiro atoms. The number of thioether (sulfide) groups is 1. The third-order valence-electron chi connectivity index (χ3n) is 2.90. The van der Waals surface area contributed by atoms with Gasteiger partial charge < -0.3 is 15.7 Å². The Morgan fingerprint density at radius 2 is 1.90 bits per heavy atom. The van der Waals surface area contributed by atoms with E-state index in [9.17, 15) is 5.11 Å². The van der Waals surface area contributed by atoms with Crippen LogP contribution in [-0.2, 0) is 0 Å². The normalized spacial score (nSPS) is 14.2. The zero-order valence-corrected chi connectivity index (χ0v) is 13.8. The maximum absolute atomic E-state index is 10.2. The average Bonchev–Trinajstić information content (AvgIpc) is 2.36. The molecule has 1 aromatic rings. The highest BCUT2D eigenvalue weighted by Gasteiger charge is 2.21. The molecule has 1 atom stereocenters. The van der Waals surface area contributed by atoms with Crippen molar-refractivity contribution < 1.29 is 5.11 Å². The zero-order valence-electron chi connectivity index (χ0n) is 13.0. The minimum Gasteiger partial charge on any atom is -0.387 e. The lowest BCUT2D eigenvalue weighted by Gasteiger charge is -2.24. The minimum absolute atomic E-state index is 0.304. The van der Waals surface area contributed by atoms with Crippen molar-refractivity contribution in [3.05, 3.63) is 11.9 Å². The van der Waals surface area contributed by atoms with Crippen molar-refractivity contribution in [1.82, 2.24) is 9.97 Å². The predicted octanol–water partition coefficient (Wildman–Crippen LogP) is 2.56. The highest BCUT2D eigenvalue weighted by atomic mass is 32.2. The molecule has 0 saturated heterocycles. The Balaban J connectivity index is 2.91. The van der Waals surface area contributed by atoms with Crippen LogP contribution in [0.25, 0.3) is 0 Å². The van der Waals surface area contributed by atoms with E-state index in [0.717, 1.165) is 23.7 Å². The van der Waals surface area contributed by atoms with Crippen LogP contribution < -0.4 is 10.6 Å². The number of hydrogen-bond acceptors (Lipinski definition) is 6. The minimum atomic E-state index is -0.753. The summed E-state index contributed by atoms with van der Waals surface area (Å²) in [6.07, 6.45) is 3.54. The third kappa shape index (κ3) is 4.83. The molecular weight excluding hydrogens is 272 g/mol. The van der Waals surface area contributed by atoms with E-state index in [1.165, 1.54) is 0 Å². The topological polar surface area (TPSA) is 70.1 Å². The first-order valence-corrected chi connectivity index (χ1v) is 8.34. The predicted molar refractivity (Wildman–Crippen MR) is 87.8 cm³/mol. The van der Waals surface area contributed by atoms with Crippen molar-refractivity contribution in [2.24, 2.45) is 0 Å². The molecule has 0 radical (unpaired) electrons. The van der Waals surface area contributed by atoms with Gasteiger partial charge in [0.25, 0.3) is 0 Å². The number of nitrogens with one attached hydrogen (secondary N) is 2. The number of hydrogen-bond donors (Lipinski definition) is 3. The fourth-order valence-electron chi connectivity index (χ4n) is 2.03. The Bertz CT molecular complexity index is 424. The van der Waals surface area contributed by atoms with E-state index in [0.29, 0.717) is 18.2 Å². The summed E-state index contributed by atoms with van der Waals surface area (Å²) in [5.41, 5.74) is 0.311. The third-order valence-corrected chi connectivity index (χ3v) is 3.81. The molecule has 1 aromatic heterocycles. The molecule has 1 rings (SSSR count). The van der Waals surface area contributed by atoms with Gasteiger partial charge in [0.05, 0.1) is 5.60 Å². The molecule has 0 aliphatic carbocycles. The van der Waals surface area contributed by atoms with Gasteiger partial charge in [-0.1, -0.05) is 13.8 Å². The summed E-state index contributed by atoms with van der Waals surface area (Å²) in [6, 6.07) is 0. The van der Waals surface area contributed by atoms with E-state index in [-0.39, 0.29) is 0 Å². The summed E-state index contributed by atoms with van der Waals surface area (Å²) in [4.78, 5) is 8.63. The lowest BCUT2D eigenvalue weighted by atomic mass is 10.0. The van der Waals surface area contributed by atoms with Crippen LogP contribution in [-0.4, -0.2) is 45.8 Å². The molecule has 114 valence electrons. The lowest BCUT2D eigenvalue weighted by molar-refractivity contribution is 0.0996. The lowest BCUT2D eigenvalue weighted by Crippen LogP contribution is -2.36. The van der Waals surface area contributed by atoms with Crippen LogP contribution in [0.5, 0.6) is 0 Å². The van der Waals surface area contributed by atoms with Crippen LogP contribution in [0, 0.1) is 0 Å². The highest BCUT2D eigenvalue weighted by molar-refractivity contribution is 7.98. The second kappa shape index (κ2) is 7.69. The standard InChI is InChI=1S/C14H26N4OS/c1-6-15-12-11(10(2)3)13(18-9-17-12)16-7-14(4,19)8-20-5/h9-10,19H,6-8H2,1-5H3,(H2,15,16,17,18). The van der Waals surface area contributed by atoms with E-state index in [1.807, 2.05) is 20.1 Å². The quantitative estimate of drug-likeness (QED) is 0.685. The Kier molecular flexibility index (Phi) is 6.55. The van der Waals surface area contributed by atoms with Crippen molar-refractivity contribution in [2.75, 3.05) is 35.7 Å². The maximum Gasteiger partial charge on any atom is 0.135 e. The first kappa shape index (κ1) is 17.0. The van der Waals surface area contributed by atoms with E-state index < -0.39 is 5.60 Å². The van der Waals surface area contributed by atoms with Crippen LogP contribution in [0.2, 0.25) is 0 Å². The van der Waals surface area contributed by atoms with Gasteiger partial charge in [-0.3, -0.25) is 0 Å². The van der Waals surface area contributed by atoms with E-state index >= 15 is 0 Å². The highest BCUT2D eigenvalue weighted by Crippen LogP contribution is 2.28. The summed E-state index contributed by atoms with van der Waals surface area (Å²) in [6.45, 7) is 9.40. The zero-order chi connectivity index (χ0) is 15.2. The van der Waals surface area contributed by atoms with Crippen molar-refractivity contribution in [1.29, 1.82) is 0 Å². The summed E-state index contributed by atoms with van der Waals surface area (Å²) in [5.74, 6) is 2.65. The van der Waals surface area contributed by atoms with Gasteiger partial charge >= 0.3 is 0 Å². The number of aromatic nitrogens is 2. The van der Waals surface area contributed by atoms with Gasteiger partial charge in [0, 0.05) is 24.4 Å². The molecule has 3 N–H and O–H groups in total. The van der Waals surface area contributed by atoms with Crippen LogP contribution in [0.1, 0.15) is 39.2 Å². The van der Waals surface area contributed by atoms with Crippen LogP contribution in [0.15, 0.2) is 6.33 Å². The molecule has 5 nitrogen and oxygen atoms in total. The van der Waals surface area contributed by atoms with Crippen molar-refractivity contribution >= 4 is 23.4 Å². The molecule has 1 heterocycles. The van der Waals surface area contributed by atoms with Gasteiger partial charge in [-0.05, 0) is 26.0 Å². The SMILES string of the molecule is CCNc1ncnc(NCC(C)(O)CSC)c1C(C)C. The molecule has 6 heteroatoms. The molecule has 0 aliphatic heterocycles. The molecule has 20 heavy (non-hydrogen) atoms. The van der Waals surface area contributed by atoms with Crippen LogP contribution in [0.3, 0.4) is 0 Å². The largest absolute Gasteiger partial charge is 0.387 e. The summed E-state index contributed by atoms with van der Waals surface area (Å²) < 4.78 is 0. The molecule has 0 saturated carbocycles. The molecule has 0 amide bonds. The molecule has 0 bridgehead atoms. The second-order valence-electron chi connectivity index (χ2n) is 5.45. The fraction of sp³-hybridized carbons (Fsp3) is 0.714. The molecule has 0 aromatic carbocycles. The summed E-state index contributed by atoms with van der Waals surface area (Å²) in [7, 11) is 0. The van der Waals surface area contributed by atoms with E-state index in [4.69, 9.17) is 0 Å².